The first kappa shape index (κ1) is 22.5. The van der Waals surface area contributed by atoms with Crippen molar-refractivity contribution < 1.29 is 40.0 Å². The molecule has 1 aliphatic carbocycles. The van der Waals surface area contributed by atoms with Gasteiger partial charge in [0.15, 0.2) is 23.0 Å². The molecular formula is C21H22F3NO6S. The number of ether oxygens (including phenoxy) is 3. The minimum Gasteiger partial charge on any atom is -0.493 e. The van der Waals surface area contributed by atoms with Gasteiger partial charge >= 0.3 is 15.6 Å². The fourth-order valence-electron chi connectivity index (χ4n) is 4.45. The monoisotopic (exact) mass is 473 g/mol. The molecule has 2 aromatic carbocycles. The van der Waals surface area contributed by atoms with Gasteiger partial charge in [-0.15, -0.1) is 0 Å². The number of benzene rings is 2. The number of halogens is 3. The number of nitrogens with zero attached hydrogens (tertiary/aromatic N) is 1. The van der Waals surface area contributed by atoms with Crippen LogP contribution in [0.3, 0.4) is 0 Å². The van der Waals surface area contributed by atoms with Gasteiger partial charge in [-0.1, -0.05) is 0 Å². The van der Waals surface area contributed by atoms with Gasteiger partial charge < -0.3 is 18.4 Å². The summed E-state index contributed by atoms with van der Waals surface area (Å²) in [4.78, 5) is 2.15. The lowest BCUT2D eigenvalue weighted by Crippen LogP contribution is -2.35. The van der Waals surface area contributed by atoms with Gasteiger partial charge in [0.05, 0.1) is 21.3 Å². The molecule has 0 spiro atoms. The van der Waals surface area contributed by atoms with Crippen molar-refractivity contribution in [1.29, 1.82) is 0 Å². The lowest BCUT2D eigenvalue weighted by atomic mass is 9.76. The van der Waals surface area contributed by atoms with Gasteiger partial charge in [0.1, 0.15) is 0 Å². The third-order valence-corrected chi connectivity index (χ3v) is 6.92. The average Bonchev–Trinajstić information content (AvgIpc) is 2.73. The lowest BCUT2D eigenvalue weighted by molar-refractivity contribution is -0.0500. The van der Waals surface area contributed by atoms with Gasteiger partial charge in [-0.2, -0.15) is 21.6 Å². The minimum atomic E-state index is -5.85. The van der Waals surface area contributed by atoms with E-state index in [0.29, 0.717) is 29.0 Å². The van der Waals surface area contributed by atoms with Crippen molar-refractivity contribution in [2.75, 3.05) is 34.9 Å². The van der Waals surface area contributed by atoms with Gasteiger partial charge in [-0.3, -0.25) is 4.90 Å². The molecule has 11 heteroatoms. The van der Waals surface area contributed by atoms with E-state index in [9.17, 15) is 21.6 Å². The zero-order chi connectivity index (χ0) is 23.4. The molecule has 1 atom stereocenters. The second-order valence-corrected chi connectivity index (χ2v) is 9.19. The average molecular weight is 473 g/mol. The van der Waals surface area contributed by atoms with E-state index in [4.69, 9.17) is 14.2 Å². The molecule has 0 unspecified atom stereocenters. The Bertz CT molecular complexity index is 1180. The highest BCUT2D eigenvalue weighted by Crippen LogP contribution is 2.54. The molecule has 4 rings (SSSR count). The number of methoxy groups -OCH3 is 3. The van der Waals surface area contributed by atoms with Crippen LogP contribution in [0.5, 0.6) is 23.0 Å². The molecule has 0 N–H and O–H groups in total. The van der Waals surface area contributed by atoms with E-state index in [1.807, 2.05) is 13.1 Å². The van der Waals surface area contributed by atoms with E-state index in [1.54, 1.807) is 0 Å². The Morgan fingerprint density at radius 2 is 1.62 bits per heavy atom. The maximum Gasteiger partial charge on any atom is 0.534 e. The van der Waals surface area contributed by atoms with Gasteiger partial charge in [-0.05, 0) is 60.3 Å². The molecule has 1 aliphatic heterocycles. The Morgan fingerprint density at radius 3 is 2.22 bits per heavy atom. The van der Waals surface area contributed by atoms with Crippen LogP contribution in [0.1, 0.15) is 22.7 Å². The van der Waals surface area contributed by atoms with Crippen molar-refractivity contribution in [3.63, 3.8) is 0 Å². The van der Waals surface area contributed by atoms with Crippen molar-refractivity contribution in [3.05, 3.63) is 34.9 Å². The molecule has 2 aliphatic rings. The molecule has 7 nitrogen and oxygen atoms in total. The maximum atomic E-state index is 12.9. The largest absolute Gasteiger partial charge is 0.534 e. The molecular weight excluding hydrogens is 451 g/mol. The van der Waals surface area contributed by atoms with Gasteiger partial charge in [0.25, 0.3) is 0 Å². The predicted octanol–water partition coefficient (Wildman–Crippen LogP) is 3.69. The molecule has 174 valence electrons. The summed E-state index contributed by atoms with van der Waals surface area (Å²) in [6.45, 7) is 0.782. The maximum absolute atomic E-state index is 12.9. The Kier molecular flexibility index (Phi) is 5.44. The van der Waals surface area contributed by atoms with E-state index in [0.717, 1.165) is 29.7 Å². The first-order chi connectivity index (χ1) is 15.0. The zero-order valence-electron chi connectivity index (χ0n) is 17.9. The Morgan fingerprint density at radius 1 is 0.969 bits per heavy atom. The summed E-state index contributed by atoms with van der Waals surface area (Å²) >= 11 is 0. The second-order valence-electron chi connectivity index (χ2n) is 7.65. The highest BCUT2D eigenvalue weighted by Gasteiger charge is 2.49. The zero-order valence-corrected chi connectivity index (χ0v) is 18.7. The van der Waals surface area contributed by atoms with Gasteiger partial charge in [-0.25, -0.2) is 0 Å². The molecule has 2 aromatic rings. The molecule has 0 radical (unpaired) electrons. The number of alkyl halides is 3. The van der Waals surface area contributed by atoms with Crippen LogP contribution in [0.15, 0.2) is 18.2 Å². The number of likely N-dealkylation sites (N-methyl/N-ethyl adjacent to an activating group) is 1. The quantitative estimate of drug-likeness (QED) is 0.484. The smallest absolute Gasteiger partial charge is 0.493 e. The third kappa shape index (κ3) is 3.43. The van der Waals surface area contributed by atoms with E-state index in [-0.39, 0.29) is 11.8 Å². The Labute approximate surface area is 183 Å². The summed E-state index contributed by atoms with van der Waals surface area (Å²) in [5, 5.41) is 0. The summed E-state index contributed by atoms with van der Waals surface area (Å²) in [5.74, 6) is 0.368. The van der Waals surface area contributed by atoms with Crippen molar-refractivity contribution in [3.8, 4) is 34.1 Å². The van der Waals surface area contributed by atoms with Crippen molar-refractivity contribution in [2.45, 2.75) is 24.4 Å². The first-order valence-electron chi connectivity index (χ1n) is 9.72. The number of fused-ring (bicyclic) bond motifs is 2. The molecule has 0 saturated heterocycles. The summed E-state index contributed by atoms with van der Waals surface area (Å²) in [6, 6.07) is 4.66. The summed E-state index contributed by atoms with van der Waals surface area (Å²) in [7, 11) is 0.390. The number of hydrogen-bond acceptors (Lipinski definition) is 7. The normalized spacial score (nSPS) is 17.9. The van der Waals surface area contributed by atoms with Gasteiger partial charge in [0, 0.05) is 18.2 Å². The molecule has 0 amide bonds. The molecule has 1 heterocycles. The molecule has 0 aromatic heterocycles. The first-order valence-corrected chi connectivity index (χ1v) is 11.1. The SMILES string of the molecule is COc1cc2c(cc1OS(=O)(=O)C(F)(F)F)C[C@H]1c3c(cc(OC)c(OC)c3-2)CCN1C. The van der Waals surface area contributed by atoms with Crippen LogP contribution >= 0.6 is 0 Å². The lowest BCUT2D eigenvalue weighted by Gasteiger charge is -2.40. The molecule has 32 heavy (non-hydrogen) atoms. The standard InChI is InChI=1S/C21H22F3NO6S/c1-25-6-5-11-8-17(29-3)20(30-4)19-13-10-15(28-2)16(31-32(26,27)21(22,23)24)9-12(13)7-14(25)18(11)19/h8-10,14H,5-7H2,1-4H3/t14-/m0/s1. The van der Waals surface area contributed by atoms with Crippen molar-refractivity contribution in [1.82, 2.24) is 4.90 Å². The third-order valence-electron chi connectivity index (χ3n) is 5.95. The van der Waals surface area contributed by atoms with E-state index in [1.165, 1.54) is 33.5 Å². The summed E-state index contributed by atoms with van der Waals surface area (Å²) < 4.78 is 82.8. The molecule has 0 fully saturated rings. The van der Waals surface area contributed by atoms with Crippen LogP contribution in [-0.4, -0.2) is 53.7 Å². The van der Waals surface area contributed by atoms with Crippen LogP contribution < -0.4 is 18.4 Å². The van der Waals surface area contributed by atoms with Crippen molar-refractivity contribution >= 4 is 10.1 Å². The van der Waals surface area contributed by atoms with Crippen LogP contribution in [0, 0.1) is 0 Å². The van der Waals surface area contributed by atoms with E-state index < -0.39 is 21.4 Å². The Balaban J connectivity index is 1.97. The number of hydrogen-bond donors (Lipinski definition) is 0. The van der Waals surface area contributed by atoms with Crippen LogP contribution in [0.2, 0.25) is 0 Å². The summed E-state index contributed by atoms with van der Waals surface area (Å²) in [6.07, 6.45) is 1.25. The van der Waals surface area contributed by atoms with Crippen molar-refractivity contribution in [2.24, 2.45) is 0 Å². The van der Waals surface area contributed by atoms with Crippen LogP contribution in [-0.2, 0) is 23.0 Å². The molecule has 0 saturated carbocycles. The topological polar surface area (TPSA) is 74.3 Å². The minimum absolute atomic E-state index is 0.0680. The second kappa shape index (κ2) is 7.73. The van der Waals surface area contributed by atoms with Gasteiger partial charge in [0.2, 0.25) is 0 Å². The highest BCUT2D eigenvalue weighted by atomic mass is 32.2. The fraction of sp³-hybridized carbons (Fsp3) is 0.429. The highest BCUT2D eigenvalue weighted by molar-refractivity contribution is 7.88. The van der Waals surface area contributed by atoms with Crippen LogP contribution in [0.25, 0.3) is 11.1 Å². The summed E-state index contributed by atoms with van der Waals surface area (Å²) in [5.41, 5.74) is -1.37. The predicted molar refractivity (Wildman–Crippen MR) is 110 cm³/mol. The fourth-order valence-corrected chi connectivity index (χ4v) is 4.91. The molecule has 0 bridgehead atoms. The van der Waals surface area contributed by atoms with Crippen LogP contribution in [0.4, 0.5) is 13.2 Å². The van der Waals surface area contributed by atoms with E-state index >= 15 is 0 Å². The number of rotatable bonds is 5. The Hall–Kier alpha value is -2.66. The van der Waals surface area contributed by atoms with E-state index in [2.05, 4.69) is 9.08 Å².